The maximum Gasteiger partial charge on any atom is 0.416 e. The highest BCUT2D eigenvalue weighted by molar-refractivity contribution is 7.20. The summed E-state index contributed by atoms with van der Waals surface area (Å²) in [6.45, 7) is 7.99. The lowest BCUT2D eigenvalue weighted by atomic mass is 10.1. The van der Waals surface area contributed by atoms with Gasteiger partial charge in [-0.3, -0.25) is 4.79 Å². The van der Waals surface area contributed by atoms with Crippen LogP contribution in [0.15, 0.2) is 48.5 Å². The fourth-order valence-corrected chi connectivity index (χ4v) is 6.27. The summed E-state index contributed by atoms with van der Waals surface area (Å²) in [5, 5.41) is 4.08. The molecule has 2 aliphatic rings. The molecular weight excluding hydrogens is 567 g/mol. The number of alkyl halides is 3. The Labute approximate surface area is 247 Å². The highest BCUT2D eigenvalue weighted by Gasteiger charge is 2.31. The summed E-state index contributed by atoms with van der Waals surface area (Å²) < 4.78 is 51.2. The molecule has 2 saturated heterocycles. The van der Waals surface area contributed by atoms with Gasteiger partial charge in [0.1, 0.15) is 17.5 Å². The third kappa shape index (κ3) is 7.48. The van der Waals surface area contributed by atoms with Gasteiger partial charge in [-0.15, -0.1) is 11.3 Å². The number of thiophene rings is 1. The van der Waals surface area contributed by atoms with Crippen LogP contribution >= 0.6 is 11.3 Å². The van der Waals surface area contributed by atoms with Crippen LogP contribution < -0.4 is 15.0 Å². The molecule has 2 fully saturated rings. The molecule has 0 atom stereocenters. The molecule has 5 rings (SSSR count). The van der Waals surface area contributed by atoms with E-state index < -0.39 is 17.3 Å². The number of nitrogens with one attached hydrogen (secondary N) is 1. The van der Waals surface area contributed by atoms with Gasteiger partial charge >= 0.3 is 12.3 Å². The van der Waals surface area contributed by atoms with Gasteiger partial charge in [-0.2, -0.15) is 13.2 Å². The number of nitrogens with zero attached hydrogens (tertiary/aromatic N) is 2. The molecule has 1 aromatic heterocycles. The SMILES string of the molecule is CC(C)(C)OC(=O)N1CCC(NC(=O)c2cc3ccc(OC4CCN(c5ccc(C(F)(F)F)cc5)CC4)cc3s2)CC1. The van der Waals surface area contributed by atoms with E-state index in [-0.39, 0.29) is 24.1 Å². The zero-order valence-electron chi connectivity index (χ0n) is 24.0. The Morgan fingerprint density at radius 3 is 2.19 bits per heavy atom. The normalized spacial score (nSPS) is 17.4. The summed E-state index contributed by atoms with van der Waals surface area (Å²) in [4.78, 5) is 29.7. The zero-order chi connectivity index (χ0) is 30.1. The molecule has 42 heavy (non-hydrogen) atoms. The Kier molecular flexibility index (Phi) is 8.59. The number of hydrogen-bond donors (Lipinski definition) is 1. The molecule has 226 valence electrons. The number of amides is 2. The lowest BCUT2D eigenvalue weighted by molar-refractivity contribution is -0.137. The second-order valence-corrected chi connectivity index (χ2v) is 13.0. The second-order valence-electron chi connectivity index (χ2n) is 11.9. The molecule has 11 heteroatoms. The van der Waals surface area contributed by atoms with E-state index >= 15 is 0 Å². The van der Waals surface area contributed by atoms with Gasteiger partial charge in [0, 0.05) is 55.4 Å². The largest absolute Gasteiger partial charge is 0.490 e. The van der Waals surface area contributed by atoms with Gasteiger partial charge in [-0.25, -0.2) is 4.79 Å². The fraction of sp³-hybridized carbons (Fsp3) is 0.484. The van der Waals surface area contributed by atoms with E-state index in [1.807, 2.05) is 45.0 Å². The monoisotopic (exact) mass is 603 g/mol. The first-order chi connectivity index (χ1) is 19.8. The minimum Gasteiger partial charge on any atom is -0.490 e. The predicted octanol–water partition coefficient (Wildman–Crippen LogP) is 7.10. The molecule has 0 spiro atoms. The number of hydrogen-bond acceptors (Lipinski definition) is 6. The molecule has 2 amide bonds. The molecule has 3 heterocycles. The first kappa shape index (κ1) is 30.0. The van der Waals surface area contributed by atoms with Crippen LogP contribution in [0.25, 0.3) is 10.1 Å². The van der Waals surface area contributed by atoms with Crippen LogP contribution in [-0.4, -0.2) is 60.8 Å². The van der Waals surface area contributed by atoms with Crippen LogP contribution in [-0.2, 0) is 10.9 Å². The summed E-state index contributed by atoms with van der Waals surface area (Å²) >= 11 is 1.42. The summed E-state index contributed by atoms with van der Waals surface area (Å²) in [5.41, 5.74) is -0.403. The quantitative estimate of drug-likeness (QED) is 0.337. The molecule has 0 saturated carbocycles. The van der Waals surface area contributed by atoms with Crippen molar-refractivity contribution >= 4 is 39.1 Å². The molecule has 2 aliphatic heterocycles. The van der Waals surface area contributed by atoms with Crippen LogP contribution in [0.1, 0.15) is 61.7 Å². The second kappa shape index (κ2) is 12.0. The van der Waals surface area contributed by atoms with Gasteiger partial charge in [-0.05, 0) is 87.5 Å². The first-order valence-electron chi connectivity index (χ1n) is 14.3. The van der Waals surface area contributed by atoms with Crippen LogP contribution in [0.3, 0.4) is 0 Å². The number of carbonyl (C=O) groups excluding carboxylic acids is 2. The number of rotatable bonds is 5. The van der Waals surface area contributed by atoms with Crippen LogP contribution in [0.4, 0.5) is 23.7 Å². The number of halogens is 3. The average molecular weight is 604 g/mol. The highest BCUT2D eigenvalue weighted by atomic mass is 32.1. The van der Waals surface area contributed by atoms with Crippen molar-refractivity contribution in [1.82, 2.24) is 10.2 Å². The van der Waals surface area contributed by atoms with Gasteiger partial charge in [0.05, 0.1) is 10.4 Å². The number of benzene rings is 2. The van der Waals surface area contributed by atoms with Gasteiger partial charge in [-0.1, -0.05) is 0 Å². The van der Waals surface area contributed by atoms with Crippen LogP contribution in [0, 0.1) is 0 Å². The minimum absolute atomic E-state index is 0.00225. The number of carbonyl (C=O) groups is 2. The lowest BCUT2D eigenvalue weighted by Gasteiger charge is -2.33. The Hall–Kier alpha value is -3.47. The van der Waals surface area contributed by atoms with E-state index in [4.69, 9.17) is 9.47 Å². The highest BCUT2D eigenvalue weighted by Crippen LogP contribution is 2.33. The Bertz CT molecular complexity index is 1400. The zero-order valence-corrected chi connectivity index (χ0v) is 24.8. The Balaban J connectivity index is 1.11. The maximum atomic E-state index is 13.0. The number of fused-ring (bicyclic) bond motifs is 1. The number of piperidine rings is 2. The average Bonchev–Trinajstić information content (AvgIpc) is 3.36. The topological polar surface area (TPSA) is 71.1 Å². The molecule has 2 aromatic carbocycles. The number of anilines is 1. The molecule has 7 nitrogen and oxygen atoms in total. The van der Waals surface area contributed by atoms with Gasteiger partial charge in [0.2, 0.25) is 0 Å². The molecular formula is C31H36F3N3O4S. The summed E-state index contributed by atoms with van der Waals surface area (Å²) in [7, 11) is 0. The van der Waals surface area contributed by atoms with Crippen molar-refractivity contribution in [1.29, 1.82) is 0 Å². The van der Waals surface area contributed by atoms with Gasteiger partial charge in [0.25, 0.3) is 5.91 Å². The van der Waals surface area contributed by atoms with Gasteiger partial charge in [0.15, 0.2) is 0 Å². The molecule has 3 aromatic rings. The molecule has 0 bridgehead atoms. The Morgan fingerprint density at radius 2 is 1.57 bits per heavy atom. The van der Waals surface area contributed by atoms with E-state index in [0.717, 1.165) is 46.5 Å². The third-order valence-electron chi connectivity index (χ3n) is 7.50. The summed E-state index contributed by atoms with van der Waals surface area (Å²) in [6.07, 6.45) is -1.80. The van der Waals surface area contributed by atoms with E-state index in [1.165, 1.54) is 23.5 Å². The smallest absolute Gasteiger partial charge is 0.416 e. The van der Waals surface area contributed by atoms with E-state index in [0.29, 0.717) is 43.9 Å². The summed E-state index contributed by atoms with van der Waals surface area (Å²) in [5.74, 6) is 0.615. The Morgan fingerprint density at radius 1 is 0.905 bits per heavy atom. The van der Waals surface area contributed by atoms with Crippen molar-refractivity contribution in [3.63, 3.8) is 0 Å². The van der Waals surface area contributed by atoms with E-state index in [9.17, 15) is 22.8 Å². The third-order valence-corrected chi connectivity index (χ3v) is 8.60. The van der Waals surface area contributed by atoms with Crippen LogP contribution in [0.2, 0.25) is 0 Å². The molecule has 0 unspecified atom stereocenters. The van der Waals surface area contributed by atoms with E-state index in [1.54, 1.807) is 4.90 Å². The molecule has 0 radical (unpaired) electrons. The lowest BCUT2D eigenvalue weighted by Crippen LogP contribution is -2.47. The number of likely N-dealkylation sites (tertiary alicyclic amines) is 1. The number of ether oxygens (including phenoxy) is 2. The molecule has 0 aliphatic carbocycles. The standard InChI is InChI=1S/C31H36F3N3O4S/c1-30(2,3)41-29(39)37-14-10-22(11-15-37)35-28(38)27-18-20-4-9-25(19-26(20)42-27)40-24-12-16-36(17-13-24)23-7-5-21(6-8-23)31(32,33)34/h4-9,18-19,22,24H,10-17H2,1-3H3,(H,35,38). The minimum atomic E-state index is -4.34. The first-order valence-corrected chi connectivity index (χ1v) is 15.1. The molecule has 1 N–H and O–H groups in total. The fourth-order valence-electron chi connectivity index (χ4n) is 5.27. The van der Waals surface area contributed by atoms with Crippen molar-refractivity contribution in [2.24, 2.45) is 0 Å². The van der Waals surface area contributed by atoms with Crippen molar-refractivity contribution in [3.8, 4) is 5.75 Å². The maximum absolute atomic E-state index is 13.0. The van der Waals surface area contributed by atoms with E-state index in [2.05, 4.69) is 10.2 Å². The van der Waals surface area contributed by atoms with Crippen molar-refractivity contribution in [2.45, 2.75) is 70.4 Å². The van der Waals surface area contributed by atoms with Crippen molar-refractivity contribution in [2.75, 3.05) is 31.1 Å². The van der Waals surface area contributed by atoms with Crippen molar-refractivity contribution in [3.05, 3.63) is 59.0 Å². The predicted molar refractivity (Wildman–Crippen MR) is 157 cm³/mol. The van der Waals surface area contributed by atoms with Crippen molar-refractivity contribution < 1.29 is 32.2 Å². The van der Waals surface area contributed by atoms with Crippen LogP contribution in [0.5, 0.6) is 5.75 Å². The summed E-state index contributed by atoms with van der Waals surface area (Å²) in [6, 6.07) is 13.0. The van der Waals surface area contributed by atoms with Gasteiger partial charge < -0.3 is 24.6 Å².